The maximum Gasteiger partial charge on any atom is 0.414 e. The van der Waals surface area contributed by atoms with Gasteiger partial charge in [0.1, 0.15) is 12.4 Å². The van der Waals surface area contributed by atoms with Crippen LogP contribution in [0.4, 0.5) is 14.9 Å². The lowest BCUT2D eigenvalue weighted by molar-refractivity contribution is 0.0731. The molecule has 0 aliphatic carbocycles. The van der Waals surface area contributed by atoms with Crippen LogP contribution in [0.2, 0.25) is 0 Å². The summed E-state index contributed by atoms with van der Waals surface area (Å²) >= 11 is 0. The highest BCUT2D eigenvalue weighted by molar-refractivity contribution is 5.96. The van der Waals surface area contributed by atoms with Gasteiger partial charge in [0.05, 0.1) is 17.3 Å². The summed E-state index contributed by atoms with van der Waals surface area (Å²) in [5.74, 6) is -0.935. The van der Waals surface area contributed by atoms with Gasteiger partial charge in [-0.2, -0.15) is 0 Å². The Morgan fingerprint density at radius 3 is 2.68 bits per heavy atom. The lowest BCUT2D eigenvalue weighted by atomic mass is 10.1. The fourth-order valence-electron chi connectivity index (χ4n) is 2.74. The lowest BCUT2D eigenvalue weighted by Gasteiger charge is -2.27. The summed E-state index contributed by atoms with van der Waals surface area (Å²) in [7, 11) is 0. The molecule has 0 aromatic heterocycles. The fraction of sp³-hybridized carbons (Fsp3) is 0.467. The number of nitrogens with one attached hydrogen (secondary N) is 1. The second-order valence-electron chi connectivity index (χ2n) is 5.50. The van der Waals surface area contributed by atoms with Crippen molar-refractivity contribution in [3.63, 3.8) is 0 Å². The van der Waals surface area contributed by atoms with Crippen molar-refractivity contribution in [2.45, 2.75) is 13.0 Å². The first-order valence-corrected chi connectivity index (χ1v) is 7.33. The standard InChI is InChI=1S/C15H18FN3O3/c1-10-9-22-15(21)19(10)11-2-3-12(13(16)8-11)14(20)18-6-4-17-5-7-18/h2-3,8,10,17H,4-7,9H2,1H3/t10-/m1/s1. The number of amides is 2. The number of cyclic esters (lactones) is 1. The average Bonchev–Trinajstić information content (AvgIpc) is 2.86. The van der Waals surface area contributed by atoms with Crippen LogP contribution >= 0.6 is 0 Å². The van der Waals surface area contributed by atoms with Crippen LogP contribution in [-0.2, 0) is 4.74 Å². The molecule has 2 heterocycles. The lowest BCUT2D eigenvalue weighted by Crippen LogP contribution is -2.46. The molecule has 6 nitrogen and oxygen atoms in total. The Bertz CT molecular complexity index is 602. The van der Waals surface area contributed by atoms with Crippen molar-refractivity contribution in [3.8, 4) is 0 Å². The third kappa shape index (κ3) is 2.64. The highest BCUT2D eigenvalue weighted by Gasteiger charge is 2.32. The van der Waals surface area contributed by atoms with Gasteiger partial charge in [0.15, 0.2) is 0 Å². The molecule has 0 radical (unpaired) electrons. The van der Waals surface area contributed by atoms with Crippen LogP contribution in [0.25, 0.3) is 0 Å². The molecular formula is C15H18FN3O3. The number of rotatable bonds is 2. The molecule has 2 amide bonds. The van der Waals surface area contributed by atoms with Crippen molar-refractivity contribution in [2.75, 3.05) is 37.7 Å². The zero-order valence-electron chi connectivity index (χ0n) is 12.3. The Hall–Kier alpha value is -2.15. The van der Waals surface area contributed by atoms with Crippen molar-refractivity contribution in [2.24, 2.45) is 0 Å². The zero-order chi connectivity index (χ0) is 15.7. The molecular weight excluding hydrogens is 289 g/mol. The summed E-state index contributed by atoms with van der Waals surface area (Å²) in [5, 5.41) is 3.15. The van der Waals surface area contributed by atoms with E-state index < -0.39 is 11.9 Å². The molecule has 2 aliphatic heterocycles. The van der Waals surface area contributed by atoms with Crippen molar-refractivity contribution in [1.29, 1.82) is 0 Å². The minimum absolute atomic E-state index is 0.0332. The van der Waals surface area contributed by atoms with E-state index in [-0.39, 0.29) is 24.1 Å². The Morgan fingerprint density at radius 2 is 2.09 bits per heavy atom. The highest BCUT2D eigenvalue weighted by Crippen LogP contribution is 2.25. The number of piperazine rings is 1. The van der Waals surface area contributed by atoms with Gasteiger partial charge in [0.2, 0.25) is 0 Å². The topological polar surface area (TPSA) is 61.9 Å². The molecule has 0 spiro atoms. The van der Waals surface area contributed by atoms with E-state index in [0.29, 0.717) is 31.9 Å². The van der Waals surface area contributed by atoms with Crippen LogP contribution in [-0.4, -0.2) is 55.7 Å². The summed E-state index contributed by atoms with van der Waals surface area (Å²) in [6.45, 7) is 4.65. The van der Waals surface area contributed by atoms with Gasteiger partial charge in [-0.3, -0.25) is 9.69 Å². The summed E-state index contributed by atoms with van der Waals surface area (Å²) in [6.07, 6.45) is -0.493. The van der Waals surface area contributed by atoms with E-state index in [1.54, 1.807) is 11.0 Å². The van der Waals surface area contributed by atoms with E-state index >= 15 is 0 Å². The molecule has 1 aromatic carbocycles. The van der Waals surface area contributed by atoms with Gasteiger partial charge in [-0.1, -0.05) is 0 Å². The van der Waals surface area contributed by atoms with Gasteiger partial charge in [0, 0.05) is 26.2 Å². The van der Waals surface area contributed by atoms with Crippen molar-refractivity contribution in [1.82, 2.24) is 10.2 Å². The Kier molecular flexibility index (Phi) is 3.98. The molecule has 0 saturated carbocycles. The van der Waals surface area contributed by atoms with E-state index in [9.17, 15) is 14.0 Å². The summed E-state index contributed by atoms with van der Waals surface area (Å²) in [6, 6.07) is 4.09. The molecule has 1 aromatic rings. The minimum atomic E-state index is -0.618. The smallest absolute Gasteiger partial charge is 0.414 e. The molecule has 2 fully saturated rings. The van der Waals surface area contributed by atoms with Gasteiger partial charge in [-0.25, -0.2) is 9.18 Å². The molecule has 7 heteroatoms. The predicted molar refractivity (Wildman–Crippen MR) is 78.5 cm³/mol. The van der Waals surface area contributed by atoms with Crippen molar-refractivity contribution >= 4 is 17.7 Å². The van der Waals surface area contributed by atoms with Crippen LogP contribution in [0.3, 0.4) is 0 Å². The Labute approximate surface area is 127 Å². The fourth-order valence-corrected chi connectivity index (χ4v) is 2.74. The van der Waals surface area contributed by atoms with E-state index in [2.05, 4.69) is 5.32 Å². The third-order valence-electron chi connectivity index (χ3n) is 3.95. The Morgan fingerprint density at radius 1 is 1.36 bits per heavy atom. The second kappa shape index (κ2) is 5.92. The number of carbonyl (C=O) groups excluding carboxylic acids is 2. The van der Waals surface area contributed by atoms with Gasteiger partial charge < -0.3 is 15.0 Å². The normalized spacial score (nSPS) is 21.9. The Balaban J connectivity index is 1.83. The molecule has 2 aliphatic rings. The van der Waals surface area contributed by atoms with Crippen LogP contribution in [0.5, 0.6) is 0 Å². The molecule has 1 atom stereocenters. The summed E-state index contributed by atoms with van der Waals surface area (Å²) in [4.78, 5) is 27.0. The number of hydrogen-bond donors (Lipinski definition) is 1. The second-order valence-corrected chi connectivity index (χ2v) is 5.50. The molecule has 0 unspecified atom stereocenters. The van der Waals surface area contributed by atoms with Gasteiger partial charge in [-0.05, 0) is 25.1 Å². The number of nitrogens with zero attached hydrogens (tertiary/aromatic N) is 2. The first-order valence-electron chi connectivity index (χ1n) is 7.33. The van der Waals surface area contributed by atoms with E-state index in [0.717, 1.165) is 0 Å². The molecule has 3 rings (SSSR count). The molecule has 1 N–H and O–H groups in total. The monoisotopic (exact) mass is 307 g/mol. The van der Waals surface area contributed by atoms with Crippen LogP contribution in [0.1, 0.15) is 17.3 Å². The quantitative estimate of drug-likeness (QED) is 0.892. The van der Waals surface area contributed by atoms with Gasteiger partial charge in [0.25, 0.3) is 5.91 Å². The van der Waals surface area contributed by atoms with Gasteiger partial charge >= 0.3 is 6.09 Å². The summed E-state index contributed by atoms with van der Waals surface area (Å²) in [5.41, 5.74) is 0.440. The van der Waals surface area contributed by atoms with E-state index in [1.807, 2.05) is 6.92 Å². The van der Waals surface area contributed by atoms with Crippen molar-refractivity contribution in [3.05, 3.63) is 29.6 Å². The van der Waals surface area contributed by atoms with Crippen molar-refractivity contribution < 1.29 is 18.7 Å². The number of ether oxygens (including phenoxy) is 1. The predicted octanol–water partition coefficient (Wildman–Crippen LogP) is 1.22. The van der Waals surface area contributed by atoms with E-state index in [4.69, 9.17) is 4.74 Å². The minimum Gasteiger partial charge on any atom is -0.447 e. The first kappa shape index (κ1) is 14.8. The van der Waals surface area contributed by atoms with Crippen LogP contribution in [0, 0.1) is 5.82 Å². The SMILES string of the molecule is C[C@@H]1COC(=O)N1c1ccc(C(=O)N2CCNCC2)c(F)c1. The molecule has 22 heavy (non-hydrogen) atoms. The molecule has 0 bridgehead atoms. The maximum atomic E-state index is 14.3. The molecule has 2 saturated heterocycles. The van der Waals surface area contributed by atoms with Crippen LogP contribution in [0.15, 0.2) is 18.2 Å². The number of anilines is 1. The average molecular weight is 307 g/mol. The largest absolute Gasteiger partial charge is 0.447 e. The van der Waals surface area contributed by atoms with Crippen LogP contribution < -0.4 is 10.2 Å². The molecule has 118 valence electrons. The number of carbonyl (C=O) groups is 2. The third-order valence-corrected chi connectivity index (χ3v) is 3.95. The van der Waals surface area contributed by atoms with Gasteiger partial charge in [-0.15, -0.1) is 0 Å². The highest BCUT2D eigenvalue weighted by atomic mass is 19.1. The van der Waals surface area contributed by atoms with E-state index in [1.165, 1.54) is 17.0 Å². The summed E-state index contributed by atoms with van der Waals surface area (Å²) < 4.78 is 19.2. The maximum absolute atomic E-state index is 14.3. The number of halogens is 1. The number of hydrogen-bond acceptors (Lipinski definition) is 4. The first-order chi connectivity index (χ1) is 10.6. The number of benzene rings is 1. The zero-order valence-corrected chi connectivity index (χ0v) is 12.3.